The average Bonchev–Trinajstić information content (AvgIpc) is 2.89. The van der Waals surface area contributed by atoms with Crippen LogP contribution in [0.15, 0.2) is 48.5 Å². The molecule has 0 saturated carbocycles. The SMILES string of the molecule is Cc1ccc(N2CN(c3ccccc3)C3(CCNCC3)C2=O)c(F)c1. The molecule has 2 fully saturated rings. The van der Waals surface area contributed by atoms with E-state index >= 15 is 0 Å². The van der Waals surface area contributed by atoms with Gasteiger partial charge in [0.05, 0.1) is 12.4 Å². The minimum atomic E-state index is -0.593. The zero-order valence-electron chi connectivity index (χ0n) is 14.3. The molecule has 5 heteroatoms. The van der Waals surface area contributed by atoms with Crippen LogP contribution in [0.2, 0.25) is 0 Å². The number of hydrogen-bond donors (Lipinski definition) is 1. The number of rotatable bonds is 2. The molecule has 2 aliphatic heterocycles. The van der Waals surface area contributed by atoms with Crippen molar-refractivity contribution in [2.45, 2.75) is 25.3 Å². The summed E-state index contributed by atoms with van der Waals surface area (Å²) in [6, 6.07) is 15.0. The van der Waals surface area contributed by atoms with Gasteiger partial charge in [-0.2, -0.15) is 0 Å². The normalized spacial score (nSPS) is 19.7. The smallest absolute Gasteiger partial charge is 0.254 e. The van der Waals surface area contributed by atoms with E-state index in [1.807, 2.05) is 43.3 Å². The number of hydrogen-bond acceptors (Lipinski definition) is 3. The third kappa shape index (κ3) is 2.59. The molecule has 1 N–H and O–H groups in total. The standard InChI is InChI=1S/C20H22FN3O/c1-15-7-8-18(17(21)13-15)23-14-24(16-5-3-2-4-6-16)20(19(23)25)9-11-22-12-10-20/h2-8,13,22H,9-12,14H2,1H3. The molecular formula is C20H22FN3O. The van der Waals surface area contributed by atoms with Gasteiger partial charge in [-0.05, 0) is 62.7 Å². The predicted octanol–water partition coefficient (Wildman–Crippen LogP) is 3.07. The van der Waals surface area contributed by atoms with Crippen molar-refractivity contribution in [3.05, 3.63) is 59.9 Å². The molecule has 2 saturated heterocycles. The summed E-state index contributed by atoms with van der Waals surface area (Å²) in [6.45, 7) is 3.81. The average molecular weight is 339 g/mol. The van der Waals surface area contributed by atoms with Gasteiger partial charge in [-0.3, -0.25) is 9.69 Å². The van der Waals surface area contributed by atoms with Crippen LogP contribution in [0.4, 0.5) is 15.8 Å². The van der Waals surface area contributed by atoms with Crippen LogP contribution in [-0.2, 0) is 4.79 Å². The molecule has 0 aromatic heterocycles. The molecule has 4 rings (SSSR count). The van der Waals surface area contributed by atoms with Gasteiger partial charge in [0.2, 0.25) is 0 Å². The maximum absolute atomic E-state index is 14.5. The Morgan fingerprint density at radius 1 is 1.08 bits per heavy atom. The number of anilines is 2. The zero-order valence-corrected chi connectivity index (χ0v) is 14.3. The van der Waals surface area contributed by atoms with Gasteiger partial charge in [-0.1, -0.05) is 24.3 Å². The topological polar surface area (TPSA) is 35.6 Å². The van der Waals surface area contributed by atoms with Crippen molar-refractivity contribution in [3.8, 4) is 0 Å². The van der Waals surface area contributed by atoms with E-state index in [0.717, 1.165) is 37.2 Å². The van der Waals surface area contributed by atoms with Crippen LogP contribution >= 0.6 is 0 Å². The second-order valence-electron chi connectivity index (χ2n) is 6.87. The van der Waals surface area contributed by atoms with Crippen LogP contribution in [0.5, 0.6) is 0 Å². The lowest BCUT2D eigenvalue weighted by atomic mass is 9.86. The van der Waals surface area contributed by atoms with E-state index in [9.17, 15) is 9.18 Å². The van der Waals surface area contributed by atoms with Crippen LogP contribution < -0.4 is 15.1 Å². The summed E-state index contributed by atoms with van der Waals surface area (Å²) >= 11 is 0. The maximum atomic E-state index is 14.5. The summed E-state index contributed by atoms with van der Waals surface area (Å²) in [7, 11) is 0. The van der Waals surface area contributed by atoms with E-state index in [1.165, 1.54) is 6.07 Å². The molecule has 2 aliphatic rings. The van der Waals surface area contributed by atoms with Gasteiger partial charge in [-0.25, -0.2) is 4.39 Å². The third-order valence-corrected chi connectivity index (χ3v) is 5.34. The van der Waals surface area contributed by atoms with Crippen molar-refractivity contribution < 1.29 is 9.18 Å². The Hall–Kier alpha value is -2.40. The number of aryl methyl sites for hydroxylation is 1. The summed E-state index contributed by atoms with van der Waals surface area (Å²) in [5.74, 6) is -0.340. The summed E-state index contributed by atoms with van der Waals surface area (Å²) in [6.07, 6.45) is 1.45. The van der Waals surface area contributed by atoms with Crippen molar-refractivity contribution >= 4 is 17.3 Å². The first-order chi connectivity index (χ1) is 12.1. The molecule has 2 aromatic rings. The number of amides is 1. The first kappa shape index (κ1) is 16.1. The maximum Gasteiger partial charge on any atom is 0.254 e. The lowest BCUT2D eigenvalue weighted by Crippen LogP contribution is -2.55. The Balaban J connectivity index is 1.78. The van der Waals surface area contributed by atoms with Crippen molar-refractivity contribution in [1.82, 2.24) is 5.32 Å². The van der Waals surface area contributed by atoms with Gasteiger partial charge in [0.15, 0.2) is 0 Å². The molecule has 4 nitrogen and oxygen atoms in total. The Morgan fingerprint density at radius 2 is 1.80 bits per heavy atom. The molecule has 1 spiro atoms. The van der Waals surface area contributed by atoms with Crippen LogP contribution in [0, 0.1) is 12.7 Å². The largest absolute Gasteiger partial charge is 0.338 e. The summed E-state index contributed by atoms with van der Waals surface area (Å²) in [4.78, 5) is 17.1. The zero-order chi connectivity index (χ0) is 17.4. The van der Waals surface area contributed by atoms with Crippen molar-refractivity contribution in [2.75, 3.05) is 29.6 Å². The van der Waals surface area contributed by atoms with E-state index in [0.29, 0.717) is 12.4 Å². The van der Waals surface area contributed by atoms with Gasteiger partial charge in [0, 0.05) is 5.69 Å². The molecule has 2 aromatic carbocycles. The summed E-state index contributed by atoms with van der Waals surface area (Å²) in [5.41, 5.74) is 1.63. The Morgan fingerprint density at radius 3 is 2.48 bits per heavy atom. The second kappa shape index (κ2) is 6.15. The summed E-state index contributed by atoms with van der Waals surface area (Å²) in [5, 5.41) is 3.33. The lowest BCUT2D eigenvalue weighted by molar-refractivity contribution is -0.122. The fraction of sp³-hybridized carbons (Fsp3) is 0.350. The minimum absolute atomic E-state index is 0.000561. The Kier molecular flexibility index (Phi) is 3.96. The van der Waals surface area contributed by atoms with Gasteiger partial charge in [0.25, 0.3) is 5.91 Å². The monoisotopic (exact) mass is 339 g/mol. The summed E-state index contributed by atoms with van der Waals surface area (Å²) < 4.78 is 14.5. The van der Waals surface area contributed by atoms with Gasteiger partial charge in [-0.15, -0.1) is 0 Å². The quantitative estimate of drug-likeness (QED) is 0.913. The van der Waals surface area contributed by atoms with E-state index in [2.05, 4.69) is 10.2 Å². The molecule has 1 amide bonds. The number of piperidine rings is 1. The fourth-order valence-corrected chi connectivity index (χ4v) is 3.98. The molecule has 25 heavy (non-hydrogen) atoms. The number of para-hydroxylation sites is 1. The predicted molar refractivity (Wildman–Crippen MR) is 97.2 cm³/mol. The van der Waals surface area contributed by atoms with E-state index in [-0.39, 0.29) is 11.7 Å². The highest BCUT2D eigenvalue weighted by molar-refractivity contribution is 6.06. The molecule has 130 valence electrons. The van der Waals surface area contributed by atoms with Gasteiger partial charge < -0.3 is 10.2 Å². The van der Waals surface area contributed by atoms with Crippen LogP contribution in [0.1, 0.15) is 18.4 Å². The fourth-order valence-electron chi connectivity index (χ4n) is 3.98. The van der Waals surface area contributed by atoms with E-state index < -0.39 is 5.54 Å². The van der Waals surface area contributed by atoms with Crippen molar-refractivity contribution in [3.63, 3.8) is 0 Å². The number of carbonyl (C=O) groups is 1. The molecular weight excluding hydrogens is 317 g/mol. The minimum Gasteiger partial charge on any atom is -0.338 e. The van der Waals surface area contributed by atoms with Crippen molar-refractivity contribution in [1.29, 1.82) is 0 Å². The molecule has 0 aliphatic carbocycles. The highest BCUT2D eigenvalue weighted by atomic mass is 19.1. The number of nitrogens with one attached hydrogen (secondary N) is 1. The Labute approximate surface area is 147 Å². The van der Waals surface area contributed by atoms with Crippen LogP contribution in [-0.4, -0.2) is 31.2 Å². The van der Waals surface area contributed by atoms with Gasteiger partial charge >= 0.3 is 0 Å². The number of halogens is 1. The van der Waals surface area contributed by atoms with E-state index in [4.69, 9.17) is 0 Å². The molecule has 0 atom stereocenters. The van der Waals surface area contributed by atoms with Crippen molar-refractivity contribution in [2.24, 2.45) is 0 Å². The second-order valence-corrected chi connectivity index (χ2v) is 6.87. The molecule has 0 radical (unpaired) electrons. The number of benzene rings is 2. The molecule has 2 heterocycles. The highest BCUT2D eigenvalue weighted by Gasteiger charge is 2.53. The molecule has 0 unspecified atom stereocenters. The van der Waals surface area contributed by atoms with E-state index in [1.54, 1.807) is 11.0 Å². The van der Waals surface area contributed by atoms with Gasteiger partial charge in [0.1, 0.15) is 11.4 Å². The first-order valence-corrected chi connectivity index (χ1v) is 8.73. The van der Waals surface area contributed by atoms with Crippen LogP contribution in [0.3, 0.4) is 0 Å². The van der Waals surface area contributed by atoms with Crippen LogP contribution in [0.25, 0.3) is 0 Å². The molecule has 0 bridgehead atoms. The highest BCUT2D eigenvalue weighted by Crippen LogP contribution is 2.40. The number of carbonyl (C=O) groups excluding carboxylic acids is 1. The third-order valence-electron chi connectivity index (χ3n) is 5.34. The first-order valence-electron chi connectivity index (χ1n) is 8.73. The number of nitrogens with zero attached hydrogens (tertiary/aromatic N) is 2. The Bertz CT molecular complexity index is 787. The lowest BCUT2D eigenvalue weighted by Gasteiger charge is -2.39.